The summed E-state index contributed by atoms with van der Waals surface area (Å²) in [5.41, 5.74) is 0.908. The molecule has 0 N–H and O–H groups in total. The minimum absolute atomic E-state index is 0.0947. The molecule has 28 heavy (non-hydrogen) atoms. The Kier molecular flexibility index (Phi) is 5.47. The molecule has 1 aliphatic heterocycles. The van der Waals surface area contributed by atoms with Crippen LogP contribution in [-0.2, 0) is 14.6 Å². The fourth-order valence-electron chi connectivity index (χ4n) is 2.73. The van der Waals surface area contributed by atoms with Crippen LogP contribution in [0.5, 0.6) is 0 Å². The second-order valence-electron chi connectivity index (χ2n) is 6.13. The predicted molar refractivity (Wildman–Crippen MR) is 101 cm³/mol. The van der Waals surface area contributed by atoms with Gasteiger partial charge in [0.05, 0.1) is 22.8 Å². The molecule has 2 aromatic carbocycles. The molecule has 1 aliphatic rings. The van der Waals surface area contributed by atoms with E-state index >= 15 is 0 Å². The monoisotopic (exact) mass is 400 g/mol. The second kappa shape index (κ2) is 7.82. The number of nitriles is 1. The second-order valence-corrected chi connectivity index (χ2v) is 8.01. The Morgan fingerprint density at radius 2 is 1.93 bits per heavy atom. The van der Waals surface area contributed by atoms with Gasteiger partial charge < -0.3 is 9.64 Å². The van der Waals surface area contributed by atoms with E-state index in [0.29, 0.717) is 17.9 Å². The van der Waals surface area contributed by atoms with Crippen LogP contribution < -0.4 is 4.90 Å². The zero-order valence-electron chi connectivity index (χ0n) is 15.1. The Morgan fingerprint density at radius 3 is 2.57 bits per heavy atom. The van der Waals surface area contributed by atoms with Crippen molar-refractivity contribution in [2.24, 2.45) is 0 Å². The van der Waals surface area contributed by atoms with Gasteiger partial charge in [0.15, 0.2) is 4.91 Å². The maximum absolute atomic E-state index is 13.8. The molecular formula is C20H17FN2O4S. The van der Waals surface area contributed by atoms with Gasteiger partial charge in [-0.05, 0) is 48.9 Å². The van der Waals surface area contributed by atoms with Crippen molar-refractivity contribution in [3.63, 3.8) is 0 Å². The summed E-state index contributed by atoms with van der Waals surface area (Å²) in [6.07, 6.45) is 2.83. The molecule has 8 heteroatoms. The molecule has 0 aliphatic carbocycles. The number of sulfone groups is 1. The third-order valence-electron chi connectivity index (χ3n) is 4.23. The zero-order chi connectivity index (χ0) is 20.3. The summed E-state index contributed by atoms with van der Waals surface area (Å²) in [5.74, 6) is -1.06. The minimum Gasteiger partial charge on any atom is -0.462 e. The summed E-state index contributed by atoms with van der Waals surface area (Å²) in [6, 6.07) is 11.1. The van der Waals surface area contributed by atoms with Crippen molar-refractivity contribution in [1.29, 1.82) is 5.26 Å². The maximum atomic E-state index is 13.8. The largest absolute Gasteiger partial charge is 0.462 e. The number of allylic oxidation sites excluding steroid dienone is 1. The van der Waals surface area contributed by atoms with Gasteiger partial charge in [0.25, 0.3) is 0 Å². The lowest BCUT2D eigenvalue weighted by atomic mass is 10.1. The van der Waals surface area contributed by atoms with E-state index in [1.165, 1.54) is 17.0 Å². The number of anilines is 2. The molecule has 0 unspecified atom stereocenters. The van der Waals surface area contributed by atoms with Gasteiger partial charge in [-0.2, -0.15) is 5.26 Å². The number of carbonyl (C=O) groups excluding carboxylic acids is 1. The number of hydrogen-bond donors (Lipinski definition) is 0. The number of nitrogens with zero attached hydrogens (tertiary/aromatic N) is 2. The van der Waals surface area contributed by atoms with Gasteiger partial charge in [-0.1, -0.05) is 13.3 Å². The van der Waals surface area contributed by atoms with Crippen LogP contribution in [0.3, 0.4) is 0 Å². The normalized spacial score (nSPS) is 14.6. The van der Waals surface area contributed by atoms with Crippen LogP contribution in [0.1, 0.15) is 30.1 Å². The van der Waals surface area contributed by atoms with Gasteiger partial charge in [-0.3, -0.25) is 0 Å². The summed E-state index contributed by atoms with van der Waals surface area (Å²) in [6.45, 7) is 2.33. The SMILES string of the molecule is CCCCOC(=O)c1ccc(N2C=C(C#N)S(=O)(=O)c3ccc(F)cc32)cc1. The molecule has 0 saturated carbocycles. The number of unbranched alkanes of at least 4 members (excludes halogenated alkanes) is 1. The van der Waals surface area contributed by atoms with Crippen molar-refractivity contribution < 1.29 is 22.3 Å². The molecule has 0 bridgehead atoms. The van der Waals surface area contributed by atoms with Gasteiger partial charge in [0.1, 0.15) is 11.9 Å². The summed E-state index contributed by atoms with van der Waals surface area (Å²) in [5, 5.41) is 9.23. The Labute approximate surface area is 162 Å². The predicted octanol–water partition coefficient (Wildman–Crippen LogP) is 4.07. The molecule has 3 rings (SSSR count). The first-order valence-electron chi connectivity index (χ1n) is 8.61. The summed E-state index contributed by atoms with van der Waals surface area (Å²) in [7, 11) is -4.01. The lowest BCUT2D eigenvalue weighted by Crippen LogP contribution is -2.21. The number of benzene rings is 2. The first kappa shape index (κ1) is 19.6. The average molecular weight is 400 g/mol. The van der Waals surface area contributed by atoms with Crippen molar-refractivity contribution >= 4 is 27.2 Å². The van der Waals surface area contributed by atoms with E-state index in [1.54, 1.807) is 18.2 Å². The maximum Gasteiger partial charge on any atom is 0.338 e. The van der Waals surface area contributed by atoms with Gasteiger partial charge in [-0.15, -0.1) is 0 Å². The standard InChI is InChI=1S/C20H17FN2O4S/c1-2-3-10-27-20(24)14-4-7-16(8-5-14)23-13-17(12-22)28(25,26)19-9-6-15(21)11-18(19)23/h4-9,11,13H,2-3,10H2,1H3. The highest BCUT2D eigenvalue weighted by molar-refractivity contribution is 7.95. The van der Waals surface area contributed by atoms with Crippen molar-refractivity contribution in [2.45, 2.75) is 24.7 Å². The lowest BCUT2D eigenvalue weighted by Gasteiger charge is -2.27. The van der Waals surface area contributed by atoms with Gasteiger partial charge in [0.2, 0.25) is 9.84 Å². The topological polar surface area (TPSA) is 87.5 Å². The quantitative estimate of drug-likeness (QED) is 0.427. The molecule has 144 valence electrons. The van der Waals surface area contributed by atoms with Gasteiger partial charge >= 0.3 is 5.97 Å². The highest BCUT2D eigenvalue weighted by Crippen LogP contribution is 2.39. The zero-order valence-corrected chi connectivity index (χ0v) is 15.9. The number of rotatable bonds is 5. The van der Waals surface area contributed by atoms with Crippen molar-refractivity contribution in [3.8, 4) is 6.07 Å². The smallest absolute Gasteiger partial charge is 0.338 e. The Bertz CT molecular complexity index is 1090. The lowest BCUT2D eigenvalue weighted by molar-refractivity contribution is 0.0500. The molecule has 0 atom stereocenters. The molecule has 0 radical (unpaired) electrons. The van der Waals surface area contributed by atoms with Crippen LogP contribution in [0.2, 0.25) is 0 Å². The van der Waals surface area contributed by atoms with Crippen LogP contribution in [0.25, 0.3) is 0 Å². The first-order chi connectivity index (χ1) is 13.4. The molecular weight excluding hydrogens is 383 g/mol. The van der Waals surface area contributed by atoms with Crippen LogP contribution >= 0.6 is 0 Å². The van der Waals surface area contributed by atoms with Gasteiger partial charge in [-0.25, -0.2) is 17.6 Å². The van der Waals surface area contributed by atoms with Crippen LogP contribution in [0.4, 0.5) is 15.8 Å². The van der Waals surface area contributed by atoms with Crippen LogP contribution in [-0.4, -0.2) is 21.0 Å². The highest BCUT2D eigenvalue weighted by atomic mass is 32.2. The fourth-order valence-corrected chi connectivity index (χ4v) is 4.01. The van der Waals surface area contributed by atoms with E-state index in [-0.39, 0.29) is 10.6 Å². The molecule has 0 amide bonds. The van der Waals surface area contributed by atoms with Crippen LogP contribution in [0.15, 0.2) is 58.5 Å². The highest BCUT2D eigenvalue weighted by Gasteiger charge is 2.32. The molecule has 0 fully saturated rings. The van der Waals surface area contributed by atoms with E-state index in [2.05, 4.69) is 0 Å². The van der Waals surface area contributed by atoms with Crippen molar-refractivity contribution in [1.82, 2.24) is 0 Å². The minimum atomic E-state index is -4.01. The summed E-state index contributed by atoms with van der Waals surface area (Å²) < 4.78 is 43.9. The van der Waals surface area contributed by atoms with Crippen molar-refractivity contribution in [2.75, 3.05) is 11.5 Å². The first-order valence-corrected chi connectivity index (χ1v) is 10.1. The summed E-state index contributed by atoms with van der Waals surface area (Å²) >= 11 is 0. The number of carbonyl (C=O) groups is 1. The summed E-state index contributed by atoms with van der Waals surface area (Å²) in [4.78, 5) is 12.8. The molecule has 2 aromatic rings. The van der Waals surface area contributed by atoms with E-state index in [0.717, 1.165) is 37.2 Å². The van der Waals surface area contributed by atoms with Crippen molar-refractivity contribution in [3.05, 3.63) is 65.0 Å². The molecule has 6 nitrogen and oxygen atoms in total. The average Bonchev–Trinajstić information content (AvgIpc) is 2.68. The number of hydrogen-bond acceptors (Lipinski definition) is 6. The fraction of sp³-hybridized carbons (Fsp3) is 0.200. The number of ether oxygens (including phenoxy) is 1. The van der Waals surface area contributed by atoms with Crippen LogP contribution in [0, 0.1) is 17.1 Å². The van der Waals surface area contributed by atoms with E-state index in [4.69, 9.17) is 4.74 Å². The Morgan fingerprint density at radius 1 is 1.21 bits per heavy atom. The van der Waals surface area contributed by atoms with E-state index < -0.39 is 26.5 Å². The van der Waals surface area contributed by atoms with E-state index in [9.17, 15) is 22.9 Å². The Hall–Kier alpha value is -3.18. The number of fused-ring (bicyclic) bond motifs is 1. The third-order valence-corrected chi connectivity index (χ3v) is 5.93. The number of esters is 1. The molecule has 0 spiro atoms. The molecule has 0 saturated heterocycles. The molecule has 0 aromatic heterocycles. The van der Waals surface area contributed by atoms with E-state index in [1.807, 2.05) is 6.92 Å². The number of halogens is 1. The molecule has 1 heterocycles. The third kappa shape index (κ3) is 3.62. The van der Waals surface area contributed by atoms with Gasteiger partial charge in [0, 0.05) is 11.9 Å². The Balaban J connectivity index is 1.98.